The molecule has 0 aliphatic rings. The zero-order chi connectivity index (χ0) is 13.7. The second-order valence-corrected chi connectivity index (χ2v) is 4.95. The second-order valence-electron chi connectivity index (χ2n) is 4.95. The van der Waals surface area contributed by atoms with Crippen LogP contribution in [0.1, 0.15) is 26.7 Å². The van der Waals surface area contributed by atoms with Gasteiger partial charge in [0.1, 0.15) is 0 Å². The van der Waals surface area contributed by atoms with E-state index in [9.17, 15) is 0 Å². The third-order valence-corrected chi connectivity index (χ3v) is 3.40. The van der Waals surface area contributed by atoms with Gasteiger partial charge in [-0.1, -0.05) is 26.0 Å². The Morgan fingerprint density at radius 1 is 1.11 bits per heavy atom. The van der Waals surface area contributed by atoms with Crippen molar-refractivity contribution in [3.05, 3.63) is 24.3 Å². The predicted molar refractivity (Wildman–Crippen MR) is 81.2 cm³/mol. The number of benzene rings is 1. The number of hydrogen-bond acceptors (Lipinski definition) is 3. The van der Waals surface area contributed by atoms with Crippen molar-refractivity contribution >= 4 is 17.0 Å². The number of nitrogens with zero attached hydrogens (tertiary/aromatic N) is 3. The number of rotatable bonds is 7. The van der Waals surface area contributed by atoms with Gasteiger partial charge in [0.05, 0.1) is 11.0 Å². The third-order valence-electron chi connectivity index (χ3n) is 3.40. The van der Waals surface area contributed by atoms with Gasteiger partial charge in [0.2, 0.25) is 5.95 Å². The molecule has 0 atom stereocenters. The number of aromatic nitrogens is 2. The molecule has 0 radical (unpaired) electrons. The molecule has 0 aliphatic carbocycles. The summed E-state index contributed by atoms with van der Waals surface area (Å²) < 4.78 is 2.12. The molecule has 1 aromatic heterocycles. The molecule has 2 aromatic rings. The summed E-state index contributed by atoms with van der Waals surface area (Å²) in [5.41, 5.74) is 8.14. The van der Waals surface area contributed by atoms with Gasteiger partial charge in [-0.3, -0.25) is 0 Å². The van der Waals surface area contributed by atoms with E-state index in [1.807, 2.05) is 18.2 Å². The van der Waals surface area contributed by atoms with Crippen LogP contribution in [0.5, 0.6) is 0 Å². The van der Waals surface area contributed by atoms with Gasteiger partial charge in [-0.15, -0.1) is 0 Å². The molecule has 0 spiro atoms. The molecule has 0 aliphatic heterocycles. The highest BCUT2D eigenvalue weighted by atomic mass is 15.2. The Morgan fingerprint density at radius 3 is 2.47 bits per heavy atom. The smallest absolute Gasteiger partial charge is 0.201 e. The maximum absolute atomic E-state index is 6.02. The summed E-state index contributed by atoms with van der Waals surface area (Å²) >= 11 is 0. The number of para-hydroxylation sites is 2. The lowest BCUT2D eigenvalue weighted by Gasteiger charge is -2.21. The monoisotopic (exact) mass is 260 g/mol. The Morgan fingerprint density at radius 2 is 1.79 bits per heavy atom. The average molecular weight is 260 g/mol. The van der Waals surface area contributed by atoms with Crippen molar-refractivity contribution in [1.82, 2.24) is 14.5 Å². The van der Waals surface area contributed by atoms with Crippen LogP contribution in [0.4, 0.5) is 5.95 Å². The quantitative estimate of drug-likeness (QED) is 0.832. The lowest BCUT2D eigenvalue weighted by molar-refractivity contribution is 0.265. The Balaban J connectivity index is 2.10. The molecule has 4 heteroatoms. The van der Waals surface area contributed by atoms with Crippen molar-refractivity contribution in [2.75, 3.05) is 25.4 Å². The van der Waals surface area contributed by atoms with Crippen LogP contribution in [-0.2, 0) is 6.54 Å². The molecule has 4 nitrogen and oxygen atoms in total. The average Bonchev–Trinajstić information content (AvgIpc) is 2.72. The molecule has 2 rings (SSSR count). The fraction of sp³-hybridized carbons (Fsp3) is 0.533. The van der Waals surface area contributed by atoms with E-state index in [1.165, 1.54) is 12.8 Å². The van der Waals surface area contributed by atoms with E-state index in [4.69, 9.17) is 5.73 Å². The van der Waals surface area contributed by atoms with Crippen LogP contribution in [-0.4, -0.2) is 34.1 Å². The number of imidazole rings is 1. The van der Waals surface area contributed by atoms with E-state index < -0.39 is 0 Å². The van der Waals surface area contributed by atoms with Crippen LogP contribution < -0.4 is 5.73 Å². The van der Waals surface area contributed by atoms with Crippen LogP contribution >= 0.6 is 0 Å². The number of anilines is 1. The lowest BCUT2D eigenvalue weighted by Crippen LogP contribution is -2.29. The first-order valence-corrected chi connectivity index (χ1v) is 7.19. The topological polar surface area (TPSA) is 47.1 Å². The van der Waals surface area contributed by atoms with E-state index in [-0.39, 0.29) is 0 Å². The zero-order valence-electron chi connectivity index (χ0n) is 12.0. The molecule has 0 amide bonds. The Hall–Kier alpha value is -1.55. The number of nitrogen functional groups attached to an aromatic ring is 1. The van der Waals surface area contributed by atoms with Gasteiger partial charge >= 0.3 is 0 Å². The van der Waals surface area contributed by atoms with Gasteiger partial charge in [0, 0.05) is 13.1 Å². The van der Waals surface area contributed by atoms with E-state index in [0.717, 1.165) is 37.2 Å². The summed E-state index contributed by atoms with van der Waals surface area (Å²) in [5, 5.41) is 0. The summed E-state index contributed by atoms with van der Waals surface area (Å²) in [6.45, 7) is 8.70. The standard InChI is InChI=1S/C15H24N4/c1-3-9-18(10-4-2)11-12-19-14-8-6-5-7-13(14)17-15(19)16/h5-8H,3-4,9-12H2,1-2H3,(H2,16,17). The van der Waals surface area contributed by atoms with E-state index in [2.05, 4.69) is 34.4 Å². The van der Waals surface area contributed by atoms with Gasteiger partial charge < -0.3 is 15.2 Å². The molecule has 0 unspecified atom stereocenters. The minimum Gasteiger partial charge on any atom is -0.369 e. The van der Waals surface area contributed by atoms with Gasteiger partial charge in [-0.2, -0.15) is 0 Å². The minimum atomic E-state index is 0.620. The first-order chi connectivity index (χ1) is 9.26. The third kappa shape index (κ3) is 3.26. The van der Waals surface area contributed by atoms with E-state index in [0.29, 0.717) is 5.95 Å². The minimum absolute atomic E-state index is 0.620. The summed E-state index contributed by atoms with van der Waals surface area (Å²) in [6.07, 6.45) is 2.39. The van der Waals surface area contributed by atoms with Crippen LogP contribution in [0.25, 0.3) is 11.0 Å². The lowest BCUT2D eigenvalue weighted by atomic mass is 10.3. The fourth-order valence-electron chi connectivity index (χ4n) is 2.54. The molecule has 104 valence electrons. The second kappa shape index (κ2) is 6.57. The molecular formula is C15H24N4. The molecule has 1 heterocycles. The first-order valence-electron chi connectivity index (χ1n) is 7.19. The molecule has 0 saturated heterocycles. The van der Waals surface area contributed by atoms with Crippen LogP contribution in [0.3, 0.4) is 0 Å². The number of nitrogens with two attached hydrogens (primary N) is 1. The van der Waals surface area contributed by atoms with Gasteiger partial charge in [-0.05, 0) is 38.1 Å². The maximum atomic E-state index is 6.02. The largest absolute Gasteiger partial charge is 0.369 e. The molecular weight excluding hydrogens is 236 g/mol. The Labute approximate surface area is 115 Å². The van der Waals surface area contributed by atoms with Crippen molar-refractivity contribution < 1.29 is 0 Å². The number of hydrogen-bond donors (Lipinski definition) is 1. The molecule has 0 fully saturated rings. The van der Waals surface area contributed by atoms with Crippen molar-refractivity contribution in [2.45, 2.75) is 33.2 Å². The van der Waals surface area contributed by atoms with E-state index >= 15 is 0 Å². The molecule has 19 heavy (non-hydrogen) atoms. The van der Waals surface area contributed by atoms with Crippen molar-refractivity contribution in [3.8, 4) is 0 Å². The highest BCUT2D eigenvalue weighted by Gasteiger charge is 2.09. The molecule has 1 aromatic carbocycles. The van der Waals surface area contributed by atoms with Gasteiger partial charge in [0.25, 0.3) is 0 Å². The van der Waals surface area contributed by atoms with Crippen LogP contribution in [0.2, 0.25) is 0 Å². The number of fused-ring (bicyclic) bond motifs is 1. The summed E-state index contributed by atoms with van der Waals surface area (Å²) in [6, 6.07) is 8.14. The summed E-state index contributed by atoms with van der Waals surface area (Å²) in [7, 11) is 0. The maximum Gasteiger partial charge on any atom is 0.201 e. The zero-order valence-corrected chi connectivity index (χ0v) is 12.0. The normalized spacial score (nSPS) is 11.5. The predicted octanol–water partition coefficient (Wildman–Crippen LogP) is 2.74. The van der Waals surface area contributed by atoms with Crippen LogP contribution in [0.15, 0.2) is 24.3 Å². The van der Waals surface area contributed by atoms with Crippen molar-refractivity contribution in [3.63, 3.8) is 0 Å². The molecule has 0 bridgehead atoms. The van der Waals surface area contributed by atoms with Crippen LogP contribution in [0, 0.1) is 0 Å². The highest BCUT2D eigenvalue weighted by molar-refractivity contribution is 5.78. The van der Waals surface area contributed by atoms with Gasteiger partial charge in [-0.25, -0.2) is 4.98 Å². The van der Waals surface area contributed by atoms with Crippen molar-refractivity contribution in [2.24, 2.45) is 0 Å². The molecule has 0 saturated carbocycles. The summed E-state index contributed by atoms with van der Waals surface area (Å²) in [5.74, 6) is 0.620. The van der Waals surface area contributed by atoms with E-state index in [1.54, 1.807) is 0 Å². The van der Waals surface area contributed by atoms with Gasteiger partial charge in [0.15, 0.2) is 0 Å². The van der Waals surface area contributed by atoms with Crippen molar-refractivity contribution in [1.29, 1.82) is 0 Å². The fourth-order valence-corrected chi connectivity index (χ4v) is 2.54. The highest BCUT2D eigenvalue weighted by Crippen LogP contribution is 2.17. The Bertz CT molecular complexity index is 512. The first kappa shape index (κ1) is 13.9. The molecule has 2 N–H and O–H groups in total. The Kier molecular flexibility index (Phi) is 4.80. The SMILES string of the molecule is CCCN(CCC)CCn1c(N)nc2ccccc21. The summed E-state index contributed by atoms with van der Waals surface area (Å²) in [4.78, 5) is 6.90.